The molecule has 2 radical (unpaired) electrons. The summed E-state index contributed by atoms with van der Waals surface area (Å²) in [6.45, 7) is 3.38. The molecule has 11 heavy (non-hydrogen) atoms. The summed E-state index contributed by atoms with van der Waals surface area (Å²) < 4.78 is 5.12. The van der Waals surface area contributed by atoms with Crippen LogP contribution in [0.4, 0.5) is 4.79 Å². The lowest BCUT2D eigenvalue weighted by molar-refractivity contribution is 0.249. The van der Waals surface area contributed by atoms with E-state index >= 15 is 0 Å². The van der Waals surface area contributed by atoms with Crippen LogP contribution in [0.15, 0.2) is 0 Å². The van der Waals surface area contributed by atoms with Gasteiger partial charge in [-0.3, -0.25) is 0 Å². The Morgan fingerprint density at radius 1 is 1.73 bits per heavy atom. The van der Waals surface area contributed by atoms with Crippen LogP contribution in [-0.2, 0) is 4.43 Å². The van der Waals surface area contributed by atoms with E-state index in [0.29, 0.717) is 16.3 Å². The first kappa shape index (κ1) is 10.4. The van der Waals surface area contributed by atoms with Gasteiger partial charge in [-0.05, 0) is 19.4 Å². The molecule has 0 rings (SSSR count). The second kappa shape index (κ2) is 7.55. The number of amides is 2. The minimum atomic E-state index is -0.454. The first-order chi connectivity index (χ1) is 5.27. The van der Waals surface area contributed by atoms with Gasteiger partial charge in [-0.1, -0.05) is 0 Å². The molecule has 0 bridgehead atoms. The van der Waals surface area contributed by atoms with Crippen molar-refractivity contribution in [3.8, 4) is 0 Å². The molecule has 0 unspecified atom stereocenters. The van der Waals surface area contributed by atoms with E-state index in [1.165, 1.54) is 0 Å². The summed E-state index contributed by atoms with van der Waals surface area (Å²) in [6, 6.07) is 0.540. The van der Waals surface area contributed by atoms with Crippen molar-refractivity contribution in [2.24, 2.45) is 5.73 Å². The van der Waals surface area contributed by atoms with Gasteiger partial charge in [0.15, 0.2) is 0 Å². The molecule has 0 atom stereocenters. The molecule has 0 aromatic heterocycles. The molecule has 0 heterocycles. The van der Waals surface area contributed by atoms with Crippen LogP contribution < -0.4 is 11.1 Å². The van der Waals surface area contributed by atoms with Crippen LogP contribution in [0, 0.1) is 0 Å². The highest BCUT2D eigenvalue weighted by Gasteiger charge is 1.92. The SMILES string of the molecule is CCO[Si]CCCNC(N)=O. The van der Waals surface area contributed by atoms with Crippen LogP contribution in [0.1, 0.15) is 13.3 Å². The van der Waals surface area contributed by atoms with Crippen LogP contribution in [0.25, 0.3) is 0 Å². The van der Waals surface area contributed by atoms with Crippen LogP contribution in [0.3, 0.4) is 0 Å². The monoisotopic (exact) mass is 174 g/mol. The number of rotatable bonds is 6. The molecule has 0 saturated carbocycles. The lowest BCUT2D eigenvalue weighted by atomic mass is 10.5. The molecule has 3 N–H and O–H groups in total. The third-order valence-corrected chi connectivity index (χ3v) is 2.05. The van der Waals surface area contributed by atoms with E-state index in [-0.39, 0.29) is 0 Å². The van der Waals surface area contributed by atoms with E-state index in [1.807, 2.05) is 6.92 Å². The highest BCUT2D eigenvalue weighted by atomic mass is 28.2. The maximum absolute atomic E-state index is 10.2. The second-order valence-electron chi connectivity index (χ2n) is 1.97. The van der Waals surface area contributed by atoms with E-state index in [1.54, 1.807) is 0 Å². The van der Waals surface area contributed by atoms with E-state index in [2.05, 4.69) is 5.32 Å². The summed E-state index contributed by atoms with van der Waals surface area (Å²) in [7, 11) is 0.544. The van der Waals surface area contributed by atoms with E-state index < -0.39 is 6.03 Å². The molecule has 64 valence electrons. The van der Waals surface area contributed by atoms with Gasteiger partial charge in [0.25, 0.3) is 0 Å². The molecule has 0 aromatic rings. The zero-order valence-electron chi connectivity index (χ0n) is 6.72. The average molecular weight is 174 g/mol. The molecular formula is C6H14N2O2Si. The Morgan fingerprint density at radius 2 is 2.45 bits per heavy atom. The lowest BCUT2D eigenvalue weighted by Crippen LogP contribution is -2.30. The Balaban J connectivity index is 2.85. The van der Waals surface area contributed by atoms with Crippen LogP contribution in [0.2, 0.25) is 6.04 Å². The topological polar surface area (TPSA) is 64.3 Å². The quantitative estimate of drug-likeness (QED) is 0.444. The highest BCUT2D eigenvalue weighted by Crippen LogP contribution is 1.86. The van der Waals surface area contributed by atoms with E-state index in [0.717, 1.165) is 19.1 Å². The Hall–Kier alpha value is -0.553. The van der Waals surface area contributed by atoms with E-state index in [9.17, 15) is 4.79 Å². The predicted octanol–water partition coefficient (Wildman–Crippen LogP) is 0.119. The zero-order valence-corrected chi connectivity index (χ0v) is 7.72. The summed E-state index contributed by atoms with van der Waals surface area (Å²) in [6.07, 6.45) is 0.932. The Morgan fingerprint density at radius 3 is 3.00 bits per heavy atom. The predicted molar refractivity (Wildman–Crippen MR) is 44.4 cm³/mol. The fourth-order valence-electron chi connectivity index (χ4n) is 0.546. The van der Waals surface area contributed by atoms with Gasteiger partial charge in [-0.2, -0.15) is 0 Å². The first-order valence-electron chi connectivity index (χ1n) is 3.65. The first-order valence-corrected chi connectivity index (χ1v) is 4.77. The molecule has 0 fully saturated rings. The largest absolute Gasteiger partial charge is 0.418 e. The Kier molecular flexibility index (Phi) is 7.17. The zero-order chi connectivity index (χ0) is 8.53. The van der Waals surface area contributed by atoms with Gasteiger partial charge >= 0.3 is 6.03 Å². The molecule has 0 aliphatic heterocycles. The average Bonchev–Trinajstić information content (AvgIpc) is 1.96. The Bertz CT molecular complexity index is 111. The lowest BCUT2D eigenvalue weighted by Gasteiger charge is -2.00. The number of carbonyl (C=O) groups excluding carboxylic acids is 1. The fourth-order valence-corrected chi connectivity index (χ4v) is 1.22. The van der Waals surface area contributed by atoms with Crippen molar-refractivity contribution >= 4 is 15.8 Å². The molecule has 4 nitrogen and oxygen atoms in total. The van der Waals surface area contributed by atoms with Crippen molar-refractivity contribution in [1.82, 2.24) is 5.32 Å². The minimum absolute atomic E-state index is 0.454. The van der Waals surface area contributed by atoms with Crippen molar-refractivity contribution in [3.05, 3.63) is 0 Å². The molecule has 2 amide bonds. The van der Waals surface area contributed by atoms with Gasteiger partial charge in [-0.15, -0.1) is 0 Å². The smallest absolute Gasteiger partial charge is 0.312 e. The summed E-state index contributed by atoms with van der Waals surface area (Å²) in [4.78, 5) is 10.2. The van der Waals surface area contributed by atoms with Crippen molar-refractivity contribution in [2.75, 3.05) is 13.2 Å². The number of nitrogens with one attached hydrogen (secondary N) is 1. The third-order valence-electron chi connectivity index (χ3n) is 1.00. The molecule has 0 spiro atoms. The van der Waals surface area contributed by atoms with Crippen LogP contribution in [0.5, 0.6) is 0 Å². The van der Waals surface area contributed by atoms with Crippen molar-refractivity contribution < 1.29 is 9.22 Å². The van der Waals surface area contributed by atoms with Crippen molar-refractivity contribution in [3.63, 3.8) is 0 Å². The van der Waals surface area contributed by atoms with Crippen LogP contribution >= 0.6 is 0 Å². The number of carbonyl (C=O) groups is 1. The normalized spacial score (nSPS) is 9.55. The molecule has 5 heteroatoms. The molecule has 0 aromatic carbocycles. The standard InChI is InChI=1S/C6H14N2O2Si/c1-2-10-11-5-3-4-8-6(7)9/h2-5H2,1H3,(H3,7,8,9). The van der Waals surface area contributed by atoms with Gasteiger partial charge in [-0.25, -0.2) is 4.79 Å². The maximum atomic E-state index is 10.2. The third kappa shape index (κ3) is 9.45. The van der Waals surface area contributed by atoms with Crippen LogP contribution in [-0.4, -0.2) is 28.9 Å². The minimum Gasteiger partial charge on any atom is -0.418 e. The van der Waals surface area contributed by atoms with Gasteiger partial charge in [0.1, 0.15) is 0 Å². The van der Waals surface area contributed by atoms with Gasteiger partial charge in [0.2, 0.25) is 9.76 Å². The molecule has 0 aliphatic carbocycles. The number of urea groups is 1. The van der Waals surface area contributed by atoms with E-state index in [4.69, 9.17) is 10.2 Å². The molecule has 0 saturated heterocycles. The number of hydrogen-bond acceptors (Lipinski definition) is 2. The molecule has 0 aliphatic rings. The second-order valence-corrected chi connectivity index (χ2v) is 3.05. The van der Waals surface area contributed by atoms with Crippen molar-refractivity contribution in [2.45, 2.75) is 19.4 Å². The van der Waals surface area contributed by atoms with Crippen molar-refractivity contribution in [1.29, 1.82) is 0 Å². The molecular weight excluding hydrogens is 160 g/mol. The number of nitrogens with two attached hydrogens (primary N) is 1. The Labute approximate surface area is 69.4 Å². The highest BCUT2D eigenvalue weighted by molar-refractivity contribution is 6.26. The summed E-state index contributed by atoms with van der Waals surface area (Å²) in [5, 5.41) is 2.51. The van der Waals surface area contributed by atoms with Gasteiger partial charge in [0.05, 0.1) is 0 Å². The summed E-state index contributed by atoms with van der Waals surface area (Å²) in [5.41, 5.74) is 4.85. The van der Waals surface area contributed by atoms with Gasteiger partial charge < -0.3 is 15.5 Å². The summed E-state index contributed by atoms with van der Waals surface area (Å²) >= 11 is 0. The maximum Gasteiger partial charge on any atom is 0.312 e. The fraction of sp³-hybridized carbons (Fsp3) is 0.833. The number of hydrogen-bond donors (Lipinski definition) is 2. The number of primary amides is 1. The van der Waals surface area contributed by atoms with Gasteiger partial charge in [0, 0.05) is 13.2 Å². The summed E-state index contributed by atoms with van der Waals surface area (Å²) in [5.74, 6) is 0.